The summed E-state index contributed by atoms with van der Waals surface area (Å²) in [5.41, 5.74) is 0. The van der Waals surface area contributed by atoms with Crippen LogP contribution in [0.2, 0.25) is 0 Å². The third kappa shape index (κ3) is 5.44. The third-order valence-corrected chi connectivity index (χ3v) is 2.95. The maximum atomic E-state index is 11.8. The van der Waals surface area contributed by atoms with Crippen molar-refractivity contribution in [3.05, 3.63) is 0 Å². The van der Waals surface area contributed by atoms with Crippen LogP contribution in [-0.2, 0) is 9.53 Å². The maximum Gasteiger partial charge on any atom is 0.334 e. The number of aliphatic hydroxyl groups is 1. The van der Waals surface area contributed by atoms with Gasteiger partial charge in [0.2, 0.25) is 0 Å². The molecule has 0 aliphatic carbocycles. The molecule has 7 heteroatoms. The van der Waals surface area contributed by atoms with E-state index in [4.69, 9.17) is 14.9 Å². The lowest BCUT2D eigenvalue weighted by atomic mass is 10.1. The monoisotopic (exact) mass is 274 g/mol. The van der Waals surface area contributed by atoms with Crippen molar-refractivity contribution in [1.82, 2.24) is 10.2 Å². The summed E-state index contributed by atoms with van der Waals surface area (Å²) < 4.78 is 5.61. The number of hydrogen-bond acceptors (Lipinski definition) is 4. The highest BCUT2D eigenvalue weighted by atomic mass is 16.5. The molecule has 1 fully saturated rings. The Morgan fingerprint density at radius 2 is 2.26 bits per heavy atom. The zero-order chi connectivity index (χ0) is 14.3. The molecule has 1 rings (SSSR count). The molecule has 1 saturated heterocycles. The summed E-state index contributed by atoms with van der Waals surface area (Å²) in [4.78, 5) is 23.8. The molecule has 0 saturated carbocycles. The summed E-state index contributed by atoms with van der Waals surface area (Å²) in [7, 11) is 0. The molecule has 0 radical (unpaired) electrons. The third-order valence-electron chi connectivity index (χ3n) is 2.95. The number of ether oxygens (including phenoxy) is 1. The average molecular weight is 274 g/mol. The lowest BCUT2D eigenvalue weighted by Gasteiger charge is -2.32. The van der Waals surface area contributed by atoms with E-state index < -0.39 is 12.1 Å². The lowest BCUT2D eigenvalue weighted by Crippen LogP contribution is -2.49. The predicted octanol–water partition coefficient (Wildman–Crippen LogP) is 0.0325. The number of carboxylic acids is 1. The van der Waals surface area contributed by atoms with E-state index in [2.05, 4.69) is 5.32 Å². The molecular formula is C12H22N2O5. The van der Waals surface area contributed by atoms with E-state index in [1.807, 2.05) is 6.92 Å². The highest BCUT2D eigenvalue weighted by molar-refractivity contribution is 5.76. The number of piperidine rings is 1. The molecule has 1 heterocycles. The van der Waals surface area contributed by atoms with E-state index in [0.29, 0.717) is 19.7 Å². The second-order valence-corrected chi connectivity index (χ2v) is 4.62. The number of nitrogens with one attached hydrogen (secondary N) is 1. The van der Waals surface area contributed by atoms with Crippen molar-refractivity contribution in [2.24, 2.45) is 0 Å². The molecule has 1 unspecified atom stereocenters. The van der Waals surface area contributed by atoms with Crippen LogP contribution in [0.3, 0.4) is 0 Å². The number of likely N-dealkylation sites (tertiary alicyclic amines) is 1. The minimum atomic E-state index is -1.57. The van der Waals surface area contributed by atoms with Crippen LogP contribution in [0.15, 0.2) is 0 Å². The number of aliphatic hydroxyl groups excluding tert-OH is 1. The number of rotatable bonds is 6. The van der Waals surface area contributed by atoms with Gasteiger partial charge in [-0.25, -0.2) is 9.59 Å². The molecule has 0 aromatic rings. The van der Waals surface area contributed by atoms with Crippen LogP contribution in [0, 0.1) is 0 Å². The molecule has 0 bridgehead atoms. The number of hydrogen-bond donors (Lipinski definition) is 3. The molecular weight excluding hydrogens is 252 g/mol. The molecule has 1 aliphatic rings. The minimum absolute atomic E-state index is 0.0452. The van der Waals surface area contributed by atoms with Gasteiger partial charge >= 0.3 is 12.0 Å². The van der Waals surface area contributed by atoms with Crippen molar-refractivity contribution in [1.29, 1.82) is 0 Å². The fourth-order valence-electron chi connectivity index (χ4n) is 1.93. The zero-order valence-corrected chi connectivity index (χ0v) is 11.2. The Balaban J connectivity index is 2.33. The number of carbonyl (C=O) groups is 2. The topological polar surface area (TPSA) is 99.1 Å². The Hall–Kier alpha value is -1.34. The van der Waals surface area contributed by atoms with E-state index >= 15 is 0 Å². The van der Waals surface area contributed by atoms with E-state index in [9.17, 15) is 9.59 Å². The number of amides is 2. The van der Waals surface area contributed by atoms with E-state index in [1.54, 1.807) is 4.90 Å². The van der Waals surface area contributed by atoms with Crippen LogP contribution in [0.1, 0.15) is 26.2 Å². The van der Waals surface area contributed by atoms with E-state index in [0.717, 1.165) is 19.3 Å². The highest BCUT2D eigenvalue weighted by Gasteiger charge is 2.24. The van der Waals surface area contributed by atoms with Gasteiger partial charge in [-0.15, -0.1) is 0 Å². The first kappa shape index (κ1) is 15.7. The van der Waals surface area contributed by atoms with Crippen LogP contribution in [0.5, 0.6) is 0 Å². The summed E-state index contributed by atoms with van der Waals surface area (Å²) in [6.45, 7) is 3.56. The molecule has 2 atom stereocenters. The van der Waals surface area contributed by atoms with Gasteiger partial charge in [0.15, 0.2) is 6.10 Å². The SMILES string of the molecule is CCCOC1CCCN(C(=O)NC[C@H](O)C(=O)O)C1. The Kier molecular flexibility index (Phi) is 6.58. The molecule has 110 valence electrons. The van der Waals surface area contributed by atoms with Crippen molar-refractivity contribution in [3.8, 4) is 0 Å². The van der Waals surface area contributed by atoms with Gasteiger partial charge in [0.1, 0.15) is 0 Å². The van der Waals surface area contributed by atoms with Crippen LogP contribution in [0.4, 0.5) is 4.79 Å². The number of urea groups is 1. The lowest BCUT2D eigenvalue weighted by molar-refractivity contribution is -0.146. The fourth-order valence-corrected chi connectivity index (χ4v) is 1.93. The summed E-state index contributed by atoms with van der Waals surface area (Å²) in [5.74, 6) is -1.34. The Labute approximate surface area is 112 Å². The molecule has 7 nitrogen and oxygen atoms in total. The highest BCUT2D eigenvalue weighted by Crippen LogP contribution is 2.13. The molecule has 0 spiro atoms. The van der Waals surface area contributed by atoms with Crippen molar-refractivity contribution in [2.75, 3.05) is 26.2 Å². The van der Waals surface area contributed by atoms with Crippen molar-refractivity contribution >= 4 is 12.0 Å². The summed E-state index contributed by atoms with van der Waals surface area (Å²) in [5, 5.41) is 20.0. The van der Waals surface area contributed by atoms with Gasteiger partial charge in [-0.2, -0.15) is 0 Å². The normalized spacial score (nSPS) is 20.9. The van der Waals surface area contributed by atoms with Gasteiger partial charge in [0, 0.05) is 19.7 Å². The van der Waals surface area contributed by atoms with Gasteiger partial charge in [-0.1, -0.05) is 6.92 Å². The summed E-state index contributed by atoms with van der Waals surface area (Å²) in [6.07, 6.45) is 1.21. The van der Waals surface area contributed by atoms with Crippen LogP contribution in [0.25, 0.3) is 0 Å². The Morgan fingerprint density at radius 1 is 1.53 bits per heavy atom. The van der Waals surface area contributed by atoms with Gasteiger partial charge in [-0.3, -0.25) is 0 Å². The van der Waals surface area contributed by atoms with Gasteiger partial charge in [-0.05, 0) is 19.3 Å². The molecule has 0 aromatic carbocycles. The van der Waals surface area contributed by atoms with Crippen LogP contribution >= 0.6 is 0 Å². The molecule has 1 aliphatic heterocycles. The first-order valence-corrected chi connectivity index (χ1v) is 6.59. The molecule has 0 aromatic heterocycles. The molecule has 3 N–H and O–H groups in total. The quantitative estimate of drug-likeness (QED) is 0.635. The summed E-state index contributed by atoms with van der Waals surface area (Å²) >= 11 is 0. The molecule has 19 heavy (non-hydrogen) atoms. The largest absolute Gasteiger partial charge is 0.479 e. The maximum absolute atomic E-state index is 11.8. The second kappa shape index (κ2) is 7.96. The number of aliphatic carboxylic acids is 1. The first-order valence-electron chi connectivity index (χ1n) is 6.59. The second-order valence-electron chi connectivity index (χ2n) is 4.62. The number of carbonyl (C=O) groups excluding carboxylic acids is 1. The number of carboxylic acid groups (broad SMARTS) is 1. The number of nitrogens with zero attached hydrogens (tertiary/aromatic N) is 1. The minimum Gasteiger partial charge on any atom is -0.479 e. The van der Waals surface area contributed by atoms with Crippen LogP contribution < -0.4 is 5.32 Å². The van der Waals surface area contributed by atoms with E-state index in [1.165, 1.54) is 0 Å². The molecule has 2 amide bonds. The van der Waals surface area contributed by atoms with Crippen molar-refractivity contribution in [2.45, 2.75) is 38.4 Å². The van der Waals surface area contributed by atoms with Crippen LogP contribution in [-0.4, -0.2) is 65.6 Å². The van der Waals surface area contributed by atoms with Crippen molar-refractivity contribution < 1.29 is 24.5 Å². The first-order chi connectivity index (χ1) is 9.04. The van der Waals surface area contributed by atoms with Gasteiger partial charge in [0.05, 0.1) is 12.6 Å². The van der Waals surface area contributed by atoms with Gasteiger partial charge in [0.25, 0.3) is 0 Å². The zero-order valence-electron chi connectivity index (χ0n) is 11.2. The van der Waals surface area contributed by atoms with Crippen molar-refractivity contribution in [3.63, 3.8) is 0 Å². The smallest absolute Gasteiger partial charge is 0.334 e. The average Bonchev–Trinajstić information content (AvgIpc) is 2.42. The Bertz CT molecular complexity index is 310. The van der Waals surface area contributed by atoms with Gasteiger partial charge < -0.3 is 25.2 Å². The Morgan fingerprint density at radius 3 is 2.89 bits per heavy atom. The van der Waals surface area contributed by atoms with E-state index in [-0.39, 0.29) is 18.7 Å². The standard InChI is InChI=1S/C12H22N2O5/c1-2-6-19-9-4-3-5-14(8-9)12(18)13-7-10(15)11(16)17/h9-10,15H,2-8H2,1H3,(H,13,18)(H,16,17)/t9?,10-/m0/s1. The summed E-state index contributed by atoms with van der Waals surface area (Å²) in [6, 6.07) is -0.356. The fraction of sp³-hybridized carbons (Fsp3) is 0.833. The predicted molar refractivity (Wildman–Crippen MR) is 67.9 cm³/mol.